The lowest BCUT2D eigenvalue weighted by atomic mass is 10.0. The Labute approximate surface area is 558 Å². The van der Waals surface area contributed by atoms with Crippen LogP contribution >= 0.6 is 0 Å². The van der Waals surface area contributed by atoms with Crippen LogP contribution in [-0.2, 0) is 14.3 Å². The largest absolute Gasteiger partial charge is 0.466 e. The number of carbonyl (C=O) groups is 2. The van der Waals surface area contributed by atoms with E-state index in [-0.39, 0.29) is 18.5 Å². The molecule has 0 fully saturated rings. The summed E-state index contributed by atoms with van der Waals surface area (Å²) in [4.78, 5) is 24.6. The lowest BCUT2D eigenvalue weighted by Crippen LogP contribution is -2.45. The molecule has 0 aromatic carbocycles. The maximum absolute atomic E-state index is 12.6. The molecule has 528 valence electrons. The zero-order chi connectivity index (χ0) is 64.2. The second-order valence-corrected chi connectivity index (χ2v) is 28.5. The molecule has 0 aliphatic rings. The Balaban J connectivity index is 3.32. The number of nitrogens with one attached hydrogen (secondary N) is 1. The summed E-state index contributed by atoms with van der Waals surface area (Å²) in [5, 5.41) is 23.5. The number of hydrogen-bond donors (Lipinski definition) is 3. The molecule has 0 heterocycles. The molecule has 0 saturated carbocycles. The third-order valence-corrected chi connectivity index (χ3v) is 19.5. The second kappa shape index (κ2) is 78.8. The van der Waals surface area contributed by atoms with Crippen molar-refractivity contribution in [2.75, 3.05) is 13.2 Å². The highest BCUT2D eigenvalue weighted by Gasteiger charge is 2.20. The van der Waals surface area contributed by atoms with Gasteiger partial charge < -0.3 is 20.3 Å². The highest BCUT2D eigenvalue weighted by Crippen LogP contribution is 2.21. The van der Waals surface area contributed by atoms with Crippen molar-refractivity contribution in [2.24, 2.45) is 0 Å². The Morgan fingerprint density at radius 2 is 0.573 bits per heavy atom. The molecule has 0 spiro atoms. The van der Waals surface area contributed by atoms with Gasteiger partial charge in [-0.1, -0.05) is 430 Å². The number of hydrogen-bond acceptors (Lipinski definition) is 5. The van der Waals surface area contributed by atoms with Crippen LogP contribution in [0.4, 0.5) is 0 Å². The van der Waals surface area contributed by atoms with E-state index in [1.54, 1.807) is 0 Å². The third-order valence-electron chi connectivity index (χ3n) is 19.5. The topological polar surface area (TPSA) is 95.9 Å². The summed E-state index contributed by atoms with van der Waals surface area (Å²) in [6, 6.07) is -0.538. The van der Waals surface area contributed by atoms with Crippen LogP contribution in [-0.4, -0.2) is 47.4 Å². The smallest absolute Gasteiger partial charge is 0.305 e. The molecule has 6 nitrogen and oxygen atoms in total. The van der Waals surface area contributed by atoms with E-state index in [2.05, 4.69) is 43.5 Å². The average molecular weight is 1250 g/mol. The summed E-state index contributed by atoms with van der Waals surface area (Å²) in [5.41, 5.74) is 0. The van der Waals surface area contributed by atoms with E-state index in [9.17, 15) is 19.8 Å². The first-order valence-corrected chi connectivity index (χ1v) is 41.1. The predicted molar refractivity (Wildman–Crippen MR) is 393 cm³/mol. The Morgan fingerprint density at radius 1 is 0.315 bits per heavy atom. The molecular formula is C83H161NO5. The van der Waals surface area contributed by atoms with Gasteiger partial charge in [0.25, 0.3) is 0 Å². The van der Waals surface area contributed by atoms with Gasteiger partial charge in [0.15, 0.2) is 0 Å². The lowest BCUT2D eigenvalue weighted by molar-refractivity contribution is -0.143. The van der Waals surface area contributed by atoms with Gasteiger partial charge in [0.2, 0.25) is 5.91 Å². The fourth-order valence-corrected chi connectivity index (χ4v) is 13.3. The number of allylic oxidation sites excluding steroid dienone is 4. The molecule has 0 aliphatic heterocycles. The Kier molecular flexibility index (Phi) is 77.3. The van der Waals surface area contributed by atoms with E-state index >= 15 is 0 Å². The van der Waals surface area contributed by atoms with E-state index in [0.717, 1.165) is 51.4 Å². The molecule has 0 bridgehead atoms. The van der Waals surface area contributed by atoms with Gasteiger partial charge in [-0.05, 0) is 51.4 Å². The molecule has 3 N–H and O–H groups in total. The Bertz CT molecular complexity index is 1400. The Morgan fingerprint density at radius 3 is 0.888 bits per heavy atom. The highest BCUT2D eigenvalue weighted by atomic mass is 16.5. The minimum Gasteiger partial charge on any atom is -0.466 e. The fourth-order valence-electron chi connectivity index (χ4n) is 13.3. The van der Waals surface area contributed by atoms with Crippen molar-refractivity contribution >= 4 is 11.9 Å². The monoisotopic (exact) mass is 1250 g/mol. The van der Waals surface area contributed by atoms with Crippen LogP contribution < -0.4 is 5.32 Å². The van der Waals surface area contributed by atoms with Gasteiger partial charge in [-0.15, -0.1) is 0 Å². The summed E-state index contributed by atoms with van der Waals surface area (Å²) < 4.78 is 5.49. The van der Waals surface area contributed by atoms with E-state index < -0.39 is 12.1 Å². The van der Waals surface area contributed by atoms with Crippen LogP contribution in [0.25, 0.3) is 0 Å². The first kappa shape index (κ1) is 87.3. The number of unbranched alkanes of at least 4 members (excludes halogenated alkanes) is 63. The van der Waals surface area contributed by atoms with Gasteiger partial charge >= 0.3 is 5.97 Å². The van der Waals surface area contributed by atoms with Crippen molar-refractivity contribution in [1.82, 2.24) is 5.32 Å². The number of esters is 1. The SMILES string of the molecule is CCCC/C=C\C/C=C\CCCCCCCC(=O)OCCCCCCCCCCCCCCCCCCCCCCCCCCCCCCCCCCCCCC(=O)NC(CO)C(O)CCCCCCCCCCCCCCCCCCCCCCCCC. The second-order valence-electron chi connectivity index (χ2n) is 28.5. The zero-order valence-corrected chi connectivity index (χ0v) is 60.7. The van der Waals surface area contributed by atoms with Crippen LogP contribution in [0.5, 0.6) is 0 Å². The van der Waals surface area contributed by atoms with E-state index in [0.29, 0.717) is 25.9 Å². The van der Waals surface area contributed by atoms with Crippen LogP contribution in [0.1, 0.15) is 470 Å². The lowest BCUT2D eigenvalue weighted by Gasteiger charge is -2.22. The normalized spacial score (nSPS) is 12.5. The minimum atomic E-state index is -0.662. The van der Waals surface area contributed by atoms with Crippen LogP contribution in [0.15, 0.2) is 24.3 Å². The molecule has 1 amide bonds. The number of aliphatic hydroxyl groups is 2. The van der Waals surface area contributed by atoms with Crippen molar-refractivity contribution in [1.29, 1.82) is 0 Å². The first-order chi connectivity index (χ1) is 44.0. The molecule has 0 aromatic rings. The first-order valence-electron chi connectivity index (χ1n) is 41.1. The van der Waals surface area contributed by atoms with Gasteiger partial charge in [0.05, 0.1) is 25.4 Å². The molecule has 0 saturated heterocycles. The predicted octanol–water partition coefficient (Wildman–Crippen LogP) is 27.2. The summed E-state index contributed by atoms with van der Waals surface area (Å²) >= 11 is 0. The Hall–Kier alpha value is -1.66. The molecule has 0 aromatic heterocycles. The molecule has 2 unspecified atom stereocenters. The number of amides is 1. The van der Waals surface area contributed by atoms with Gasteiger partial charge in [-0.3, -0.25) is 9.59 Å². The standard InChI is InChI=1S/C83H161NO5/c1-3-5-7-9-11-13-15-17-19-20-21-22-36-39-42-45-48-51-55-59-63-67-71-75-81(86)80(79-85)84-82(87)76-72-68-64-60-56-52-49-46-43-40-37-34-32-30-28-26-24-23-25-27-29-31-33-35-38-41-44-47-50-54-58-62-66-70-74-78-89-83(88)77-73-69-65-61-57-53-18-16-14-12-10-8-6-4-2/h10,12,16,18,80-81,85-86H,3-9,11,13-15,17,19-79H2,1-2H3,(H,84,87)/b12-10-,18-16-. The summed E-state index contributed by atoms with van der Waals surface area (Å²) in [6.45, 7) is 4.96. The van der Waals surface area contributed by atoms with Gasteiger partial charge in [0.1, 0.15) is 0 Å². The number of carbonyl (C=O) groups excluding carboxylic acids is 2. The van der Waals surface area contributed by atoms with Gasteiger partial charge in [-0.2, -0.15) is 0 Å². The fraction of sp³-hybridized carbons (Fsp3) is 0.928. The van der Waals surface area contributed by atoms with Gasteiger partial charge in [-0.25, -0.2) is 0 Å². The minimum absolute atomic E-state index is 0.00884. The number of rotatable bonds is 78. The van der Waals surface area contributed by atoms with Crippen LogP contribution in [0.3, 0.4) is 0 Å². The van der Waals surface area contributed by atoms with E-state index in [1.807, 2.05) is 0 Å². The van der Waals surface area contributed by atoms with E-state index in [1.165, 1.54) is 385 Å². The summed E-state index contributed by atoms with van der Waals surface area (Å²) in [5.74, 6) is -0.0149. The zero-order valence-electron chi connectivity index (χ0n) is 60.7. The number of ether oxygens (including phenoxy) is 1. The molecule has 89 heavy (non-hydrogen) atoms. The van der Waals surface area contributed by atoms with Crippen molar-refractivity contribution in [2.45, 2.75) is 482 Å². The highest BCUT2D eigenvalue weighted by molar-refractivity contribution is 5.76. The molecule has 0 rings (SSSR count). The molecule has 2 atom stereocenters. The quantitative estimate of drug-likeness (QED) is 0.0320. The molecule has 6 heteroatoms. The summed E-state index contributed by atoms with van der Waals surface area (Å²) in [6.07, 6.45) is 101. The third kappa shape index (κ3) is 75.3. The molecular weight excluding hydrogens is 1090 g/mol. The average Bonchev–Trinajstić information content (AvgIpc) is 3.64. The maximum Gasteiger partial charge on any atom is 0.305 e. The molecule has 0 radical (unpaired) electrons. The van der Waals surface area contributed by atoms with Crippen LogP contribution in [0.2, 0.25) is 0 Å². The van der Waals surface area contributed by atoms with Crippen molar-refractivity contribution < 1.29 is 24.5 Å². The van der Waals surface area contributed by atoms with Gasteiger partial charge in [0, 0.05) is 12.8 Å². The van der Waals surface area contributed by atoms with Crippen LogP contribution in [0, 0.1) is 0 Å². The summed E-state index contributed by atoms with van der Waals surface area (Å²) in [7, 11) is 0. The molecule has 0 aliphatic carbocycles. The van der Waals surface area contributed by atoms with Crippen molar-refractivity contribution in [3.05, 3.63) is 24.3 Å². The van der Waals surface area contributed by atoms with E-state index in [4.69, 9.17) is 4.74 Å². The number of aliphatic hydroxyl groups excluding tert-OH is 2. The maximum atomic E-state index is 12.6. The van der Waals surface area contributed by atoms with Crippen molar-refractivity contribution in [3.63, 3.8) is 0 Å². The van der Waals surface area contributed by atoms with Crippen molar-refractivity contribution in [3.8, 4) is 0 Å².